The highest BCUT2D eigenvalue weighted by molar-refractivity contribution is 6.00. The number of ether oxygens (including phenoxy) is 1. The molecule has 2 saturated carbocycles. The van der Waals surface area contributed by atoms with Crippen molar-refractivity contribution in [3.63, 3.8) is 0 Å². The zero-order valence-corrected chi connectivity index (χ0v) is 10.4. The van der Waals surface area contributed by atoms with Crippen LogP contribution in [0, 0.1) is 23.6 Å². The Bertz CT molecular complexity index is 477. The summed E-state index contributed by atoms with van der Waals surface area (Å²) >= 11 is 0. The van der Waals surface area contributed by atoms with Crippen molar-refractivity contribution in [2.24, 2.45) is 17.8 Å². The minimum absolute atomic E-state index is 0.0362. The molecule has 0 amide bonds. The smallest absolute Gasteiger partial charge is 0.250 e. The Labute approximate surface area is 105 Å². The number of aromatic nitrogens is 1. The number of pyridine rings is 1. The number of halogens is 1. The molecule has 2 fully saturated rings. The summed E-state index contributed by atoms with van der Waals surface area (Å²) in [5.41, 5.74) is 0.140. The van der Waals surface area contributed by atoms with Crippen LogP contribution in [0.5, 0.6) is 5.88 Å². The lowest BCUT2D eigenvalue weighted by molar-refractivity contribution is 0.0951. The van der Waals surface area contributed by atoms with Crippen LogP contribution in [0.4, 0.5) is 4.39 Å². The summed E-state index contributed by atoms with van der Waals surface area (Å²) in [4.78, 5) is 16.1. The minimum Gasteiger partial charge on any atom is -0.479 e. The molecular weight excluding hydrogens is 233 g/mol. The summed E-state index contributed by atoms with van der Waals surface area (Å²) in [7, 11) is 1.36. The molecular formula is C14H16FNO2. The van der Waals surface area contributed by atoms with Gasteiger partial charge < -0.3 is 4.74 Å². The molecule has 0 N–H and O–H groups in total. The summed E-state index contributed by atoms with van der Waals surface area (Å²) in [5, 5.41) is 0. The summed E-state index contributed by atoms with van der Waals surface area (Å²) in [5.74, 6) is 0.243. The van der Waals surface area contributed by atoms with Gasteiger partial charge in [-0.25, -0.2) is 9.37 Å². The van der Waals surface area contributed by atoms with Crippen LogP contribution >= 0.6 is 0 Å². The van der Waals surface area contributed by atoms with E-state index in [0.717, 1.165) is 12.8 Å². The molecule has 0 bridgehead atoms. The van der Waals surface area contributed by atoms with E-state index in [1.54, 1.807) is 0 Å². The summed E-state index contributed by atoms with van der Waals surface area (Å²) < 4.78 is 18.8. The Morgan fingerprint density at radius 1 is 1.39 bits per heavy atom. The van der Waals surface area contributed by atoms with Gasteiger partial charge in [-0.1, -0.05) is 12.8 Å². The van der Waals surface area contributed by atoms with Gasteiger partial charge in [-0.2, -0.15) is 0 Å². The molecule has 96 valence electrons. The summed E-state index contributed by atoms with van der Waals surface area (Å²) in [6, 6.07) is 1.46. The number of ketones is 1. The van der Waals surface area contributed by atoms with Crippen molar-refractivity contribution in [3.8, 4) is 5.88 Å². The Morgan fingerprint density at radius 2 is 2.06 bits per heavy atom. The Kier molecular flexibility index (Phi) is 2.80. The zero-order valence-electron chi connectivity index (χ0n) is 10.4. The summed E-state index contributed by atoms with van der Waals surface area (Å²) in [6.45, 7) is 0. The van der Waals surface area contributed by atoms with E-state index in [2.05, 4.69) is 4.98 Å². The van der Waals surface area contributed by atoms with Gasteiger partial charge in [0.25, 0.3) is 5.88 Å². The van der Waals surface area contributed by atoms with Crippen LogP contribution in [0.2, 0.25) is 0 Å². The first kappa shape index (κ1) is 11.6. The first-order valence-corrected chi connectivity index (χ1v) is 6.46. The predicted molar refractivity (Wildman–Crippen MR) is 64.0 cm³/mol. The van der Waals surface area contributed by atoms with Crippen LogP contribution in [0.3, 0.4) is 0 Å². The average molecular weight is 249 g/mol. The molecule has 4 heteroatoms. The van der Waals surface area contributed by atoms with E-state index in [9.17, 15) is 9.18 Å². The number of hydrogen-bond acceptors (Lipinski definition) is 3. The van der Waals surface area contributed by atoms with Crippen molar-refractivity contribution in [3.05, 3.63) is 23.6 Å². The molecule has 1 aromatic heterocycles. The van der Waals surface area contributed by atoms with Gasteiger partial charge >= 0.3 is 0 Å². The predicted octanol–water partition coefficient (Wildman–Crippen LogP) is 2.85. The van der Waals surface area contributed by atoms with Crippen LogP contribution in [0.25, 0.3) is 0 Å². The van der Waals surface area contributed by atoms with Crippen molar-refractivity contribution in [2.45, 2.75) is 25.7 Å². The average Bonchev–Trinajstić information content (AvgIpc) is 3.12. The molecule has 1 heterocycles. The van der Waals surface area contributed by atoms with Gasteiger partial charge in [0, 0.05) is 12.1 Å². The van der Waals surface area contributed by atoms with Crippen molar-refractivity contribution < 1.29 is 13.9 Å². The maximum atomic E-state index is 14.0. The molecule has 2 atom stereocenters. The van der Waals surface area contributed by atoms with Gasteiger partial charge in [-0.05, 0) is 30.7 Å². The molecule has 1 aromatic rings. The number of carbonyl (C=O) groups is 1. The molecule has 2 aliphatic rings. The van der Waals surface area contributed by atoms with Gasteiger partial charge in [-0.15, -0.1) is 0 Å². The zero-order chi connectivity index (χ0) is 12.7. The molecule has 2 unspecified atom stereocenters. The standard InChI is InChI=1S/C14H16FNO2/c1-18-14-12(15)10(6-7-16-14)13(17)11-8-4-2-3-5-9(8)11/h6-9,11H,2-5H2,1H3. The van der Waals surface area contributed by atoms with Gasteiger partial charge in [0.05, 0.1) is 12.7 Å². The fourth-order valence-electron chi connectivity index (χ4n) is 3.32. The lowest BCUT2D eigenvalue weighted by atomic mass is 10.0. The molecule has 0 aromatic carbocycles. The lowest BCUT2D eigenvalue weighted by Gasteiger charge is -2.05. The van der Waals surface area contributed by atoms with Gasteiger partial charge in [0.15, 0.2) is 11.6 Å². The minimum atomic E-state index is -0.617. The molecule has 18 heavy (non-hydrogen) atoms. The van der Waals surface area contributed by atoms with E-state index in [-0.39, 0.29) is 23.1 Å². The fraction of sp³-hybridized carbons (Fsp3) is 0.571. The third-order valence-electron chi connectivity index (χ3n) is 4.28. The number of hydrogen-bond donors (Lipinski definition) is 0. The van der Waals surface area contributed by atoms with E-state index in [1.165, 1.54) is 32.2 Å². The van der Waals surface area contributed by atoms with Gasteiger partial charge in [0.1, 0.15) is 0 Å². The van der Waals surface area contributed by atoms with Crippen molar-refractivity contribution in [1.29, 1.82) is 0 Å². The molecule has 3 nitrogen and oxygen atoms in total. The number of Topliss-reactive ketones (excluding diaryl/α,β-unsaturated/α-hetero) is 1. The van der Waals surface area contributed by atoms with Crippen molar-refractivity contribution in [2.75, 3.05) is 7.11 Å². The number of rotatable bonds is 3. The Hall–Kier alpha value is -1.45. The highest BCUT2D eigenvalue weighted by Crippen LogP contribution is 2.56. The maximum absolute atomic E-state index is 14.0. The van der Waals surface area contributed by atoms with Crippen LogP contribution < -0.4 is 4.74 Å². The topological polar surface area (TPSA) is 39.2 Å². The molecule has 0 aliphatic heterocycles. The quantitative estimate of drug-likeness (QED) is 0.773. The van der Waals surface area contributed by atoms with Gasteiger partial charge in [0.2, 0.25) is 0 Å². The number of nitrogens with zero attached hydrogens (tertiary/aromatic N) is 1. The fourth-order valence-corrected chi connectivity index (χ4v) is 3.32. The molecule has 0 radical (unpaired) electrons. The van der Waals surface area contributed by atoms with Crippen LogP contribution in [-0.4, -0.2) is 17.9 Å². The SMILES string of the molecule is COc1nccc(C(=O)C2C3CCCCC32)c1F. The maximum Gasteiger partial charge on any atom is 0.250 e. The summed E-state index contributed by atoms with van der Waals surface area (Å²) in [6.07, 6.45) is 6.07. The van der Waals surface area contributed by atoms with Crippen LogP contribution in [0.1, 0.15) is 36.0 Å². The highest BCUT2D eigenvalue weighted by atomic mass is 19.1. The Morgan fingerprint density at radius 3 is 2.67 bits per heavy atom. The van der Waals surface area contributed by atoms with Crippen LogP contribution in [-0.2, 0) is 0 Å². The largest absolute Gasteiger partial charge is 0.479 e. The van der Waals surface area contributed by atoms with E-state index < -0.39 is 5.82 Å². The molecule has 2 aliphatic carbocycles. The second-order valence-corrected chi connectivity index (χ2v) is 5.18. The first-order chi connectivity index (χ1) is 8.74. The highest BCUT2D eigenvalue weighted by Gasteiger charge is 2.55. The second-order valence-electron chi connectivity index (χ2n) is 5.18. The molecule has 3 rings (SSSR count). The second kappa shape index (κ2) is 4.34. The van der Waals surface area contributed by atoms with Crippen molar-refractivity contribution in [1.82, 2.24) is 4.98 Å². The first-order valence-electron chi connectivity index (χ1n) is 6.46. The lowest BCUT2D eigenvalue weighted by Crippen LogP contribution is -2.08. The van der Waals surface area contributed by atoms with E-state index in [0.29, 0.717) is 11.8 Å². The number of fused-ring (bicyclic) bond motifs is 1. The number of methoxy groups -OCH3 is 1. The van der Waals surface area contributed by atoms with E-state index in [1.807, 2.05) is 0 Å². The number of carbonyl (C=O) groups excluding carboxylic acids is 1. The molecule has 0 spiro atoms. The van der Waals surface area contributed by atoms with Crippen molar-refractivity contribution >= 4 is 5.78 Å². The third-order valence-corrected chi connectivity index (χ3v) is 4.28. The van der Waals surface area contributed by atoms with E-state index >= 15 is 0 Å². The van der Waals surface area contributed by atoms with Gasteiger partial charge in [-0.3, -0.25) is 4.79 Å². The molecule has 0 saturated heterocycles. The normalized spacial score (nSPS) is 29.6. The monoisotopic (exact) mass is 249 g/mol. The van der Waals surface area contributed by atoms with Crippen LogP contribution in [0.15, 0.2) is 12.3 Å². The third kappa shape index (κ3) is 1.71. The Balaban J connectivity index is 1.85. The van der Waals surface area contributed by atoms with E-state index in [4.69, 9.17) is 4.74 Å².